The first-order chi connectivity index (χ1) is 16.1. The topological polar surface area (TPSA) is 91.4 Å². The van der Waals surface area contributed by atoms with E-state index in [0.717, 1.165) is 54.1 Å². The molecule has 0 bridgehead atoms. The van der Waals surface area contributed by atoms with Crippen molar-refractivity contribution in [2.45, 2.75) is 49.7 Å². The molecule has 1 aliphatic rings. The molecule has 4 heterocycles. The zero-order chi connectivity index (χ0) is 22.8. The third-order valence-electron chi connectivity index (χ3n) is 5.74. The van der Waals surface area contributed by atoms with Gasteiger partial charge >= 0.3 is 0 Å². The van der Waals surface area contributed by atoms with Crippen molar-refractivity contribution in [1.29, 1.82) is 0 Å². The number of aromatic nitrogens is 8. The number of H-pyrrole nitrogens is 1. The second-order valence-electron chi connectivity index (χ2n) is 8.02. The molecule has 11 heteroatoms. The molecular weight excluding hydrogens is 456 g/mol. The monoisotopic (exact) mass is 482 g/mol. The van der Waals surface area contributed by atoms with Crippen LogP contribution in [0.1, 0.15) is 31.2 Å². The molecule has 1 saturated heterocycles. The van der Waals surface area contributed by atoms with Gasteiger partial charge < -0.3 is 4.74 Å². The Kier molecular flexibility index (Phi) is 6.43. The zero-order valence-corrected chi connectivity index (χ0v) is 20.3. The molecule has 4 aromatic rings. The summed E-state index contributed by atoms with van der Waals surface area (Å²) in [6, 6.07) is 10.4. The molecule has 0 radical (unpaired) electrons. The quantitative estimate of drug-likeness (QED) is 0.300. The lowest BCUT2D eigenvalue weighted by Gasteiger charge is -2.14. The molecule has 0 amide bonds. The molecule has 1 fully saturated rings. The van der Waals surface area contributed by atoms with E-state index in [1.54, 1.807) is 16.4 Å². The predicted molar refractivity (Wildman–Crippen MR) is 129 cm³/mol. The fourth-order valence-electron chi connectivity index (χ4n) is 3.98. The standard InChI is InChI=1S/C22H26N8OS2/c1-3-15-6-8-16(9-7-15)30-19(23-25-21(30)32)14-33-22-26-24-20(18-10-11-28(2)27-18)29(22)13-17-5-4-12-31-17/h6-11,17H,3-5,12-14H2,1-2H3,(H,25,32)/t17-/m0/s1. The van der Waals surface area contributed by atoms with Crippen LogP contribution in [0.3, 0.4) is 0 Å². The van der Waals surface area contributed by atoms with Gasteiger partial charge in [0.25, 0.3) is 0 Å². The maximum absolute atomic E-state index is 5.89. The fourth-order valence-corrected chi connectivity index (χ4v) is 5.10. The Morgan fingerprint density at radius 3 is 2.76 bits per heavy atom. The highest BCUT2D eigenvalue weighted by Gasteiger charge is 2.23. The van der Waals surface area contributed by atoms with Gasteiger partial charge in [-0.15, -0.1) is 10.2 Å². The number of nitrogens with zero attached hydrogens (tertiary/aromatic N) is 7. The van der Waals surface area contributed by atoms with Crippen molar-refractivity contribution in [3.63, 3.8) is 0 Å². The molecular formula is C22H26N8OS2. The number of rotatable bonds is 8. The maximum Gasteiger partial charge on any atom is 0.199 e. The first kappa shape index (κ1) is 22.1. The summed E-state index contributed by atoms with van der Waals surface area (Å²) in [5, 5.41) is 21.7. The largest absolute Gasteiger partial charge is 0.376 e. The lowest BCUT2D eigenvalue weighted by molar-refractivity contribution is 0.0953. The molecule has 33 heavy (non-hydrogen) atoms. The van der Waals surface area contributed by atoms with Gasteiger partial charge in [-0.3, -0.25) is 18.9 Å². The first-order valence-corrected chi connectivity index (χ1v) is 12.4. The third-order valence-corrected chi connectivity index (χ3v) is 6.98. The summed E-state index contributed by atoms with van der Waals surface area (Å²) in [6.07, 6.45) is 5.19. The maximum atomic E-state index is 5.89. The minimum Gasteiger partial charge on any atom is -0.376 e. The van der Waals surface area contributed by atoms with E-state index in [4.69, 9.17) is 17.0 Å². The van der Waals surface area contributed by atoms with Gasteiger partial charge in [0.15, 0.2) is 15.8 Å². The van der Waals surface area contributed by atoms with Crippen LogP contribution < -0.4 is 0 Å². The fraction of sp³-hybridized carbons (Fsp3) is 0.409. The van der Waals surface area contributed by atoms with Gasteiger partial charge in [0.05, 0.1) is 18.4 Å². The number of benzene rings is 1. The number of aryl methyl sites for hydroxylation is 2. The number of aromatic amines is 1. The van der Waals surface area contributed by atoms with Crippen molar-refractivity contribution >= 4 is 24.0 Å². The van der Waals surface area contributed by atoms with Crippen molar-refractivity contribution in [3.8, 4) is 17.2 Å². The lowest BCUT2D eigenvalue weighted by atomic mass is 10.1. The van der Waals surface area contributed by atoms with Gasteiger partial charge in [-0.05, 0) is 55.2 Å². The van der Waals surface area contributed by atoms with Crippen molar-refractivity contribution in [2.24, 2.45) is 7.05 Å². The molecule has 1 atom stereocenters. The normalized spacial score (nSPS) is 16.0. The number of hydrogen-bond donors (Lipinski definition) is 1. The van der Waals surface area contributed by atoms with Crippen LogP contribution in [0, 0.1) is 4.77 Å². The highest BCUT2D eigenvalue weighted by atomic mass is 32.2. The Bertz CT molecular complexity index is 1280. The third kappa shape index (κ3) is 4.66. The molecule has 5 rings (SSSR count). The van der Waals surface area contributed by atoms with Gasteiger partial charge in [-0.25, -0.2) is 0 Å². The number of hydrogen-bond acceptors (Lipinski definition) is 7. The summed E-state index contributed by atoms with van der Waals surface area (Å²) in [5.41, 5.74) is 3.08. The number of nitrogens with one attached hydrogen (secondary N) is 1. The van der Waals surface area contributed by atoms with E-state index in [0.29, 0.717) is 17.1 Å². The van der Waals surface area contributed by atoms with Crippen LogP contribution in [-0.2, 0) is 30.5 Å². The second-order valence-corrected chi connectivity index (χ2v) is 9.34. The average Bonchev–Trinajstić information content (AvgIpc) is 3.62. The zero-order valence-electron chi connectivity index (χ0n) is 18.6. The smallest absolute Gasteiger partial charge is 0.199 e. The SMILES string of the molecule is CCc1ccc(-n2c(CSc3nnc(-c4ccn(C)n4)n3C[C@@H]3CCCO3)n[nH]c2=S)cc1. The van der Waals surface area contributed by atoms with Crippen molar-refractivity contribution in [1.82, 2.24) is 39.3 Å². The van der Waals surface area contributed by atoms with Gasteiger partial charge in [0.2, 0.25) is 0 Å². The van der Waals surface area contributed by atoms with E-state index < -0.39 is 0 Å². The highest BCUT2D eigenvalue weighted by molar-refractivity contribution is 7.98. The number of ether oxygens (including phenoxy) is 1. The van der Waals surface area contributed by atoms with Gasteiger partial charge in [-0.2, -0.15) is 10.2 Å². The van der Waals surface area contributed by atoms with Crippen LogP contribution in [0.4, 0.5) is 0 Å². The van der Waals surface area contributed by atoms with E-state index in [9.17, 15) is 0 Å². The molecule has 172 valence electrons. The van der Waals surface area contributed by atoms with Gasteiger partial charge in [0.1, 0.15) is 11.5 Å². The van der Waals surface area contributed by atoms with Crippen LogP contribution in [0.25, 0.3) is 17.2 Å². The molecule has 0 unspecified atom stereocenters. The van der Waals surface area contributed by atoms with Crippen LogP contribution >= 0.6 is 24.0 Å². The first-order valence-electron chi connectivity index (χ1n) is 11.1. The van der Waals surface area contributed by atoms with Gasteiger partial charge in [0, 0.05) is 25.5 Å². The molecule has 0 aliphatic carbocycles. The molecule has 1 N–H and O–H groups in total. The Morgan fingerprint density at radius 2 is 2.06 bits per heavy atom. The van der Waals surface area contributed by atoms with Crippen LogP contribution in [-0.4, -0.2) is 52.0 Å². The minimum atomic E-state index is 0.162. The number of thioether (sulfide) groups is 1. The molecule has 0 spiro atoms. The minimum absolute atomic E-state index is 0.162. The van der Waals surface area contributed by atoms with Crippen LogP contribution in [0.2, 0.25) is 0 Å². The summed E-state index contributed by atoms with van der Waals surface area (Å²) in [7, 11) is 1.90. The molecule has 0 saturated carbocycles. The Balaban J connectivity index is 1.42. The molecule has 1 aromatic carbocycles. The summed E-state index contributed by atoms with van der Waals surface area (Å²) in [6.45, 7) is 3.65. The molecule has 1 aliphatic heterocycles. The molecule has 3 aromatic heterocycles. The Morgan fingerprint density at radius 1 is 1.21 bits per heavy atom. The predicted octanol–water partition coefficient (Wildman–Crippen LogP) is 3.96. The highest BCUT2D eigenvalue weighted by Crippen LogP contribution is 2.28. The van der Waals surface area contributed by atoms with Crippen molar-refractivity contribution in [2.75, 3.05) is 6.61 Å². The average molecular weight is 483 g/mol. The van der Waals surface area contributed by atoms with E-state index >= 15 is 0 Å². The Hall–Kier alpha value is -2.76. The van der Waals surface area contributed by atoms with E-state index in [2.05, 4.69) is 61.2 Å². The summed E-state index contributed by atoms with van der Waals surface area (Å²) in [5.74, 6) is 2.18. The van der Waals surface area contributed by atoms with Crippen molar-refractivity contribution in [3.05, 3.63) is 52.7 Å². The van der Waals surface area contributed by atoms with Crippen molar-refractivity contribution < 1.29 is 4.74 Å². The van der Waals surface area contributed by atoms with E-state index in [1.165, 1.54) is 5.56 Å². The van der Waals surface area contributed by atoms with E-state index in [1.807, 2.05) is 23.9 Å². The van der Waals surface area contributed by atoms with Crippen LogP contribution in [0.15, 0.2) is 41.7 Å². The Labute approximate surface area is 201 Å². The summed E-state index contributed by atoms with van der Waals surface area (Å²) < 4.78 is 12.3. The molecule has 9 nitrogen and oxygen atoms in total. The summed E-state index contributed by atoms with van der Waals surface area (Å²) in [4.78, 5) is 0. The lowest BCUT2D eigenvalue weighted by Crippen LogP contribution is -2.17. The second kappa shape index (κ2) is 9.62. The summed E-state index contributed by atoms with van der Waals surface area (Å²) >= 11 is 7.10. The van der Waals surface area contributed by atoms with E-state index in [-0.39, 0.29) is 6.10 Å². The van der Waals surface area contributed by atoms with Gasteiger partial charge in [-0.1, -0.05) is 30.8 Å². The van der Waals surface area contributed by atoms with Crippen LogP contribution in [0.5, 0.6) is 0 Å².